The summed E-state index contributed by atoms with van der Waals surface area (Å²) in [4.78, 5) is 7.79. The summed E-state index contributed by atoms with van der Waals surface area (Å²) in [7, 11) is 0. The number of aliphatic hydroxyl groups is 1. The van der Waals surface area contributed by atoms with Crippen molar-refractivity contribution in [1.82, 2.24) is 15.1 Å². The van der Waals surface area contributed by atoms with Crippen LogP contribution in [-0.2, 0) is 0 Å². The Morgan fingerprint density at radius 2 is 2.24 bits per heavy atom. The molecule has 6 nitrogen and oxygen atoms in total. The fourth-order valence-electron chi connectivity index (χ4n) is 1.19. The Balaban J connectivity index is 2.26. The van der Waals surface area contributed by atoms with Gasteiger partial charge in [-0.3, -0.25) is 0 Å². The van der Waals surface area contributed by atoms with Gasteiger partial charge in [0.15, 0.2) is 0 Å². The van der Waals surface area contributed by atoms with Gasteiger partial charge in [-0.25, -0.2) is 9.37 Å². The number of hydrogen-bond donors (Lipinski definition) is 2. The van der Waals surface area contributed by atoms with Crippen LogP contribution in [0, 0.1) is 5.82 Å². The summed E-state index contributed by atoms with van der Waals surface area (Å²) in [6.07, 6.45) is 0.254. The number of hydrogen-bond acceptors (Lipinski definition) is 6. The molecule has 0 bridgehead atoms. The molecule has 7 heteroatoms. The van der Waals surface area contributed by atoms with E-state index in [-0.39, 0.29) is 11.7 Å². The molecular weight excluding hydrogens is 227 g/mol. The highest BCUT2D eigenvalue weighted by Gasteiger charge is 2.20. The third kappa shape index (κ3) is 2.45. The lowest BCUT2D eigenvalue weighted by molar-refractivity contribution is 0.146. The summed E-state index contributed by atoms with van der Waals surface area (Å²) >= 11 is 0. The highest BCUT2D eigenvalue weighted by molar-refractivity contribution is 5.47. The molecule has 2 atom stereocenters. The standard InChI is InChI=1S/C10H11FN4O2/c1-5(16)8(12)10-14-9(15-17-10)7-3-2-6(11)4-13-7/h2-5,8,16H,12H2,1H3/t5-,8+/m1/s1. The Morgan fingerprint density at radius 3 is 2.82 bits per heavy atom. The normalized spacial score (nSPS) is 14.6. The lowest BCUT2D eigenvalue weighted by Crippen LogP contribution is -2.23. The molecule has 17 heavy (non-hydrogen) atoms. The molecule has 2 heterocycles. The van der Waals surface area contributed by atoms with Gasteiger partial charge < -0.3 is 15.4 Å². The molecular formula is C10H11FN4O2. The van der Waals surface area contributed by atoms with Gasteiger partial charge in [-0.2, -0.15) is 4.98 Å². The first kappa shape index (κ1) is 11.6. The van der Waals surface area contributed by atoms with Gasteiger partial charge in [0.1, 0.15) is 17.6 Å². The Morgan fingerprint density at radius 1 is 1.47 bits per heavy atom. The van der Waals surface area contributed by atoms with Gasteiger partial charge in [0.25, 0.3) is 0 Å². The van der Waals surface area contributed by atoms with Crippen LogP contribution in [0.5, 0.6) is 0 Å². The number of pyridine rings is 1. The van der Waals surface area contributed by atoms with E-state index >= 15 is 0 Å². The van der Waals surface area contributed by atoms with E-state index in [9.17, 15) is 9.50 Å². The minimum atomic E-state index is -0.801. The maximum absolute atomic E-state index is 12.7. The van der Waals surface area contributed by atoms with Crippen molar-refractivity contribution in [2.75, 3.05) is 0 Å². The second kappa shape index (κ2) is 4.56. The van der Waals surface area contributed by atoms with Crippen LogP contribution >= 0.6 is 0 Å². The van der Waals surface area contributed by atoms with Crippen molar-refractivity contribution in [2.45, 2.75) is 19.1 Å². The first-order chi connectivity index (χ1) is 8.08. The second-order valence-corrected chi connectivity index (χ2v) is 3.58. The van der Waals surface area contributed by atoms with E-state index in [1.807, 2.05) is 0 Å². The van der Waals surface area contributed by atoms with E-state index in [1.54, 1.807) is 0 Å². The zero-order valence-electron chi connectivity index (χ0n) is 9.04. The van der Waals surface area contributed by atoms with Gasteiger partial charge in [0.05, 0.1) is 12.3 Å². The fourth-order valence-corrected chi connectivity index (χ4v) is 1.19. The van der Waals surface area contributed by atoms with E-state index in [2.05, 4.69) is 15.1 Å². The maximum Gasteiger partial charge on any atom is 0.246 e. The largest absolute Gasteiger partial charge is 0.391 e. The predicted octanol–water partition coefficient (Wildman–Crippen LogP) is 0.651. The minimum absolute atomic E-state index is 0.112. The van der Waals surface area contributed by atoms with Crippen LogP contribution in [0.1, 0.15) is 18.9 Å². The lowest BCUT2D eigenvalue weighted by Gasteiger charge is -2.08. The minimum Gasteiger partial charge on any atom is -0.391 e. The maximum atomic E-state index is 12.7. The number of aromatic nitrogens is 3. The van der Waals surface area contributed by atoms with Crippen molar-refractivity contribution in [3.63, 3.8) is 0 Å². The smallest absolute Gasteiger partial charge is 0.246 e. The summed E-state index contributed by atoms with van der Waals surface area (Å²) in [5.41, 5.74) is 6.00. The first-order valence-electron chi connectivity index (χ1n) is 4.97. The van der Waals surface area contributed by atoms with Crippen molar-refractivity contribution in [3.8, 4) is 11.5 Å². The molecule has 0 fully saturated rings. The van der Waals surface area contributed by atoms with Crippen molar-refractivity contribution >= 4 is 0 Å². The summed E-state index contributed by atoms with van der Waals surface area (Å²) < 4.78 is 17.6. The van der Waals surface area contributed by atoms with Gasteiger partial charge in [0, 0.05) is 0 Å². The van der Waals surface area contributed by atoms with Crippen LogP contribution in [0.2, 0.25) is 0 Å². The van der Waals surface area contributed by atoms with Crippen LogP contribution in [0.15, 0.2) is 22.9 Å². The summed E-state index contributed by atoms with van der Waals surface area (Å²) in [6, 6.07) is 1.92. The quantitative estimate of drug-likeness (QED) is 0.814. The number of rotatable bonds is 3. The molecule has 2 aromatic rings. The Hall–Kier alpha value is -1.86. The highest BCUT2D eigenvalue weighted by atomic mass is 19.1. The van der Waals surface area contributed by atoms with E-state index < -0.39 is 18.0 Å². The number of aliphatic hydroxyl groups excluding tert-OH is 1. The van der Waals surface area contributed by atoms with E-state index in [4.69, 9.17) is 10.3 Å². The molecule has 0 radical (unpaired) electrons. The average molecular weight is 238 g/mol. The Labute approximate surface area is 96.3 Å². The molecule has 3 N–H and O–H groups in total. The Bertz CT molecular complexity index is 497. The molecule has 0 aliphatic rings. The first-order valence-corrected chi connectivity index (χ1v) is 4.97. The molecule has 0 spiro atoms. The topological polar surface area (TPSA) is 98.1 Å². The van der Waals surface area contributed by atoms with Crippen LogP contribution in [0.4, 0.5) is 4.39 Å². The molecule has 0 aromatic carbocycles. The van der Waals surface area contributed by atoms with Crippen molar-refractivity contribution in [1.29, 1.82) is 0 Å². The number of nitrogens with zero attached hydrogens (tertiary/aromatic N) is 3. The second-order valence-electron chi connectivity index (χ2n) is 3.58. The number of halogens is 1. The van der Waals surface area contributed by atoms with E-state index in [0.29, 0.717) is 5.69 Å². The van der Waals surface area contributed by atoms with E-state index in [0.717, 1.165) is 6.20 Å². The number of nitrogens with two attached hydrogens (primary N) is 1. The lowest BCUT2D eigenvalue weighted by atomic mass is 10.2. The third-order valence-corrected chi connectivity index (χ3v) is 2.20. The van der Waals surface area contributed by atoms with Crippen LogP contribution in [0.3, 0.4) is 0 Å². The van der Waals surface area contributed by atoms with Crippen molar-refractivity contribution < 1.29 is 14.0 Å². The molecule has 0 aliphatic carbocycles. The highest BCUT2D eigenvalue weighted by Crippen LogP contribution is 2.17. The van der Waals surface area contributed by atoms with Crippen molar-refractivity contribution in [2.24, 2.45) is 5.73 Å². The van der Waals surface area contributed by atoms with Crippen LogP contribution < -0.4 is 5.73 Å². The monoisotopic (exact) mass is 238 g/mol. The molecule has 2 aromatic heterocycles. The molecule has 2 rings (SSSR count). The zero-order chi connectivity index (χ0) is 12.4. The molecule has 0 aliphatic heterocycles. The summed E-state index contributed by atoms with van der Waals surface area (Å²) in [5, 5.41) is 12.9. The zero-order valence-corrected chi connectivity index (χ0v) is 9.04. The average Bonchev–Trinajstić information content (AvgIpc) is 2.78. The fraction of sp³-hybridized carbons (Fsp3) is 0.300. The van der Waals surface area contributed by atoms with E-state index in [1.165, 1.54) is 19.1 Å². The van der Waals surface area contributed by atoms with Crippen LogP contribution in [0.25, 0.3) is 11.5 Å². The van der Waals surface area contributed by atoms with Crippen LogP contribution in [-0.4, -0.2) is 26.3 Å². The molecule has 0 amide bonds. The van der Waals surface area contributed by atoms with Gasteiger partial charge in [0.2, 0.25) is 11.7 Å². The molecule has 0 unspecified atom stereocenters. The third-order valence-electron chi connectivity index (χ3n) is 2.20. The molecule has 0 saturated heterocycles. The van der Waals surface area contributed by atoms with Gasteiger partial charge in [-0.15, -0.1) is 0 Å². The Kier molecular flexibility index (Phi) is 3.12. The summed E-state index contributed by atoms with van der Waals surface area (Å²) in [5.74, 6) is -0.129. The molecule has 90 valence electrons. The van der Waals surface area contributed by atoms with Gasteiger partial charge in [-0.1, -0.05) is 5.16 Å². The van der Waals surface area contributed by atoms with Gasteiger partial charge in [-0.05, 0) is 19.1 Å². The predicted molar refractivity (Wildman–Crippen MR) is 56.1 cm³/mol. The van der Waals surface area contributed by atoms with Gasteiger partial charge >= 0.3 is 0 Å². The summed E-state index contributed by atoms with van der Waals surface area (Å²) in [6.45, 7) is 1.52. The van der Waals surface area contributed by atoms with Crippen molar-refractivity contribution in [3.05, 3.63) is 30.0 Å². The SMILES string of the molecule is C[C@@H](O)[C@H](N)c1nc(-c2ccc(F)cn2)no1. The molecule has 0 saturated carbocycles.